The first kappa shape index (κ1) is 20.4. The molecule has 3 aliphatic heterocycles. The number of hydrogen-bond acceptors (Lipinski definition) is 3. The predicted molar refractivity (Wildman–Crippen MR) is 119 cm³/mol. The average molecular weight is 397 g/mol. The highest BCUT2D eigenvalue weighted by Gasteiger charge is 2.40. The van der Waals surface area contributed by atoms with E-state index in [0.717, 1.165) is 51.6 Å². The average Bonchev–Trinajstić information content (AvgIpc) is 2.97. The summed E-state index contributed by atoms with van der Waals surface area (Å²) < 4.78 is 5.40. The maximum absolute atomic E-state index is 5.40. The van der Waals surface area contributed by atoms with Crippen molar-refractivity contribution in [1.82, 2.24) is 15.5 Å². The molecule has 2 unspecified atom stereocenters. The van der Waals surface area contributed by atoms with Crippen molar-refractivity contribution < 1.29 is 4.74 Å². The third kappa shape index (κ3) is 5.61. The van der Waals surface area contributed by atoms with Gasteiger partial charge >= 0.3 is 0 Å². The Morgan fingerprint density at radius 3 is 2.66 bits per heavy atom. The van der Waals surface area contributed by atoms with Crippen LogP contribution in [0, 0.1) is 0 Å². The van der Waals surface area contributed by atoms with Gasteiger partial charge in [-0.15, -0.1) is 0 Å². The standard InChI is InChI=1S/C24H36N4O/c1-2-25-24(26-13-10-19-11-14-29-15-12-19)27-21-16-22-8-9-23(17-21)28(22)18-20-6-4-3-5-7-20/h3-7,11,21-23H,2,8-10,12-18H2,1H3,(H2,25,26,27). The molecule has 2 bridgehead atoms. The van der Waals surface area contributed by atoms with Gasteiger partial charge in [0, 0.05) is 37.8 Å². The van der Waals surface area contributed by atoms with Crippen molar-refractivity contribution in [2.24, 2.45) is 4.99 Å². The minimum Gasteiger partial charge on any atom is -0.377 e. The monoisotopic (exact) mass is 396 g/mol. The zero-order valence-corrected chi connectivity index (χ0v) is 17.8. The summed E-state index contributed by atoms with van der Waals surface area (Å²) >= 11 is 0. The summed E-state index contributed by atoms with van der Waals surface area (Å²) in [5.41, 5.74) is 2.93. The highest BCUT2D eigenvalue weighted by atomic mass is 16.5. The first-order chi connectivity index (χ1) is 14.3. The van der Waals surface area contributed by atoms with E-state index in [-0.39, 0.29) is 0 Å². The third-order valence-electron chi connectivity index (χ3n) is 6.54. The second-order valence-electron chi connectivity index (χ2n) is 8.55. The Morgan fingerprint density at radius 1 is 1.17 bits per heavy atom. The molecule has 29 heavy (non-hydrogen) atoms. The van der Waals surface area contributed by atoms with Gasteiger partial charge in [0.1, 0.15) is 0 Å². The molecule has 158 valence electrons. The number of guanidine groups is 1. The smallest absolute Gasteiger partial charge is 0.191 e. The number of hydrogen-bond donors (Lipinski definition) is 2. The van der Waals surface area contributed by atoms with Crippen LogP contribution in [0.1, 0.15) is 51.0 Å². The van der Waals surface area contributed by atoms with E-state index in [1.807, 2.05) is 0 Å². The van der Waals surface area contributed by atoms with Gasteiger partial charge in [-0.1, -0.05) is 42.0 Å². The van der Waals surface area contributed by atoms with E-state index in [0.29, 0.717) is 18.1 Å². The Hall–Kier alpha value is -1.85. The fourth-order valence-corrected chi connectivity index (χ4v) is 5.06. The quantitative estimate of drug-likeness (QED) is 0.421. The van der Waals surface area contributed by atoms with Gasteiger partial charge < -0.3 is 15.4 Å². The van der Waals surface area contributed by atoms with Crippen LogP contribution in [0.5, 0.6) is 0 Å². The lowest BCUT2D eigenvalue weighted by atomic mass is 9.96. The maximum Gasteiger partial charge on any atom is 0.191 e. The van der Waals surface area contributed by atoms with Gasteiger partial charge in [-0.3, -0.25) is 9.89 Å². The molecule has 1 aromatic rings. The summed E-state index contributed by atoms with van der Waals surface area (Å²) in [6, 6.07) is 12.8. The Kier molecular flexibility index (Phi) is 7.23. The summed E-state index contributed by atoms with van der Waals surface area (Å²) in [5.74, 6) is 0.987. The number of fused-ring (bicyclic) bond motifs is 2. The highest BCUT2D eigenvalue weighted by molar-refractivity contribution is 5.80. The minimum atomic E-state index is 0.527. The molecule has 2 N–H and O–H groups in total. The fraction of sp³-hybridized carbons (Fsp3) is 0.625. The SMILES string of the molecule is CCNC(=NCCC1=CCOCC1)NC1CC2CCC(C1)N2Cc1ccccc1. The van der Waals surface area contributed by atoms with Crippen molar-refractivity contribution in [2.45, 2.75) is 70.1 Å². The number of benzene rings is 1. The Bertz CT molecular complexity index is 688. The lowest BCUT2D eigenvalue weighted by molar-refractivity contribution is 0.114. The molecular weight excluding hydrogens is 360 g/mol. The van der Waals surface area contributed by atoms with Crippen molar-refractivity contribution >= 4 is 5.96 Å². The van der Waals surface area contributed by atoms with E-state index in [4.69, 9.17) is 9.73 Å². The van der Waals surface area contributed by atoms with E-state index < -0.39 is 0 Å². The van der Waals surface area contributed by atoms with Gasteiger partial charge in [0.15, 0.2) is 5.96 Å². The largest absolute Gasteiger partial charge is 0.377 e. The van der Waals surface area contributed by atoms with Crippen LogP contribution in [0.3, 0.4) is 0 Å². The van der Waals surface area contributed by atoms with Crippen molar-refractivity contribution in [3.05, 3.63) is 47.5 Å². The van der Waals surface area contributed by atoms with Crippen LogP contribution in [-0.4, -0.2) is 55.3 Å². The van der Waals surface area contributed by atoms with E-state index in [9.17, 15) is 0 Å². The normalized spacial score (nSPS) is 27.6. The van der Waals surface area contributed by atoms with Crippen LogP contribution in [0.15, 0.2) is 47.0 Å². The number of rotatable bonds is 7. The zero-order chi connectivity index (χ0) is 19.9. The van der Waals surface area contributed by atoms with Crippen molar-refractivity contribution in [1.29, 1.82) is 0 Å². The zero-order valence-electron chi connectivity index (χ0n) is 17.8. The second-order valence-corrected chi connectivity index (χ2v) is 8.55. The predicted octanol–water partition coefficient (Wildman–Crippen LogP) is 3.47. The molecule has 0 spiro atoms. The molecule has 0 radical (unpaired) electrons. The van der Waals surface area contributed by atoms with E-state index in [1.54, 1.807) is 0 Å². The van der Waals surface area contributed by atoms with Crippen LogP contribution in [0.25, 0.3) is 0 Å². The van der Waals surface area contributed by atoms with Crippen LogP contribution in [0.4, 0.5) is 0 Å². The lowest BCUT2D eigenvalue weighted by Gasteiger charge is -2.39. The molecule has 0 aliphatic carbocycles. The minimum absolute atomic E-state index is 0.527. The second kappa shape index (κ2) is 10.3. The molecule has 3 heterocycles. The molecule has 0 amide bonds. The molecule has 3 aliphatic rings. The van der Waals surface area contributed by atoms with Crippen molar-refractivity contribution in [3.8, 4) is 0 Å². The summed E-state index contributed by atoms with van der Waals surface area (Å²) in [6.07, 6.45) is 9.43. The molecule has 0 saturated carbocycles. The number of nitrogens with one attached hydrogen (secondary N) is 2. The van der Waals surface area contributed by atoms with Crippen molar-refractivity contribution in [3.63, 3.8) is 0 Å². The number of piperidine rings is 1. The van der Waals surface area contributed by atoms with E-state index in [1.165, 1.54) is 36.8 Å². The first-order valence-electron chi connectivity index (χ1n) is 11.4. The highest BCUT2D eigenvalue weighted by Crippen LogP contribution is 2.36. The van der Waals surface area contributed by atoms with Gasteiger partial charge in [0.25, 0.3) is 0 Å². The van der Waals surface area contributed by atoms with Crippen LogP contribution < -0.4 is 10.6 Å². The Balaban J connectivity index is 1.30. The van der Waals surface area contributed by atoms with Crippen LogP contribution >= 0.6 is 0 Å². The topological polar surface area (TPSA) is 48.9 Å². The summed E-state index contributed by atoms with van der Waals surface area (Å²) in [4.78, 5) is 7.60. The number of ether oxygens (including phenoxy) is 1. The van der Waals surface area contributed by atoms with Crippen LogP contribution in [-0.2, 0) is 11.3 Å². The summed E-state index contributed by atoms with van der Waals surface area (Å²) in [5, 5.41) is 7.20. The molecule has 1 aromatic carbocycles. The third-order valence-corrected chi connectivity index (χ3v) is 6.54. The molecule has 0 aromatic heterocycles. The van der Waals surface area contributed by atoms with E-state index in [2.05, 4.69) is 58.9 Å². The van der Waals surface area contributed by atoms with E-state index >= 15 is 0 Å². The van der Waals surface area contributed by atoms with Gasteiger partial charge in [-0.25, -0.2) is 0 Å². The molecule has 2 atom stereocenters. The number of nitrogens with zero attached hydrogens (tertiary/aromatic N) is 2. The Morgan fingerprint density at radius 2 is 1.97 bits per heavy atom. The van der Waals surface area contributed by atoms with Gasteiger partial charge in [0.05, 0.1) is 13.2 Å². The summed E-state index contributed by atoms with van der Waals surface area (Å²) in [6.45, 7) is 6.61. The first-order valence-corrected chi connectivity index (χ1v) is 11.4. The summed E-state index contributed by atoms with van der Waals surface area (Å²) in [7, 11) is 0. The van der Waals surface area contributed by atoms with Crippen LogP contribution in [0.2, 0.25) is 0 Å². The molecule has 4 rings (SSSR count). The maximum atomic E-state index is 5.40. The molecule has 2 fully saturated rings. The number of aliphatic imine (C=N–C) groups is 1. The van der Waals surface area contributed by atoms with Gasteiger partial charge in [-0.2, -0.15) is 0 Å². The Labute approximate surface area is 175 Å². The molecule has 5 heteroatoms. The van der Waals surface area contributed by atoms with Gasteiger partial charge in [-0.05, 0) is 51.0 Å². The fourth-order valence-electron chi connectivity index (χ4n) is 5.06. The lowest BCUT2D eigenvalue weighted by Crippen LogP contribution is -2.52. The molecule has 5 nitrogen and oxygen atoms in total. The molecule has 2 saturated heterocycles. The van der Waals surface area contributed by atoms with Gasteiger partial charge in [0.2, 0.25) is 0 Å². The molecular formula is C24H36N4O. The van der Waals surface area contributed by atoms with Crippen molar-refractivity contribution in [2.75, 3.05) is 26.3 Å².